The Bertz CT molecular complexity index is 485. The first kappa shape index (κ1) is 13.4. The van der Waals surface area contributed by atoms with Crippen LogP contribution in [-0.2, 0) is 5.33 Å². The first-order valence-corrected chi connectivity index (χ1v) is 5.42. The quantitative estimate of drug-likeness (QED) is 0.868. The van der Waals surface area contributed by atoms with Crippen molar-refractivity contribution in [3.8, 4) is 11.8 Å². The van der Waals surface area contributed by atoms with E-state index >= 15 is 0 Å². The Morgan fingerprint density at radius 1 is 1.59 bits per heavy atom. The van der Waals surface area contributed by atoms with Crippen LogP contribution in [0.5, 0.6) is 5.75 Å². The monoisotopic (exact) mass is 305 g/mol. The van der Waals surface area contributed by atoms with Crippen LogP contribution >= 0.6 is 15.9 Å². The SMILES string of the molecule is N#Cc1cc(C(=O)O)cc(CBr)c1OC(F)F. The minimum atomic E-state index is -3.07. The number of carboxylic acid groups (broad SMARTS) is 1. The van der Waals surface area contributed by atoms with Gasteiger partial charge in [0.25, 0.3) is 0 Å². The van der Waals surface area contributed by atoms with Crippen LogP contribution in [0.25, 0.3) is 0 Å². The molecule has 0 heterocycles. The molecule has 1 N–H and O–H groups in total. The van der Waals surface area contributed by atoms with E-state index in [1.165, 1.54) is 6.07 Å². The molecule has 0 aliphatic heterocycles. The number of halogens is 3. The van der Waals surface area contributed by atoms with Crippen molar-refractivity contribution in [2.75, 3.05) is 0 Å². The molecule has 0 amide bonds. The third kappa shape index (κ3) is 3.14. The number of hydrogen-bond acceptors (Lipinski definition) is 3. The van der Waals surface area contributed by atoms with Crippen molar-refractivity contribution in [2.24, 2.45) is 0 Å². The molecule has 4 nitrogen and oxygen atoms in total. The van der Waals surface area contributed by atoms with Crippen molar-refractivity contribution >= 4 is 21.9 Å². The van der Waals surface area contributed by atoms with E-state index in [4.69, 9.17) is 10.4 Å². The van der Waals surface area contributed by atoms with Crippen molar-refractivity contribution in [3.05, 3.63) is 28.8 Å². The molecule has 7 heteroatoms. The second-order valence-corrected chi connectivity index (χ2v) is 3.50. The summed E-state index contributed by atoms with van der Waals surface area (Å²) in [5, 5.41) is 17.7. The first-order valence-electron chi connectivity index (χ1n) is 4.30. The molecule has 17 heavy (non-hydrogen) atoms. The Labute approximate surface area is 104 Å². The Balaban J connectivity index is 3.37. The fraction of sp³-hybridized carbons (Fsp3) is 0.200. The van der Waals surface area contributed by atoms with Gasteiger partial charge in [0.2, 0.25) is 0 Å². The van der Waals surface area contributed by atoms with E-state index in [1.54, 1.807) is 6.07 Å². The molecule has 1 aromatic rings. The highest BCUT2D eigenvalue weighted by molar-refractivity contribution is 9.08. The number of ether oxygens (including phenoxy) is 1. The normalized spacial score (nSPS) is 10.1. The largest absolute Gasteiger partial charge is 0.478 e. The molecule has 0 spiro atoms. The Morgan fingerprint density at radius 2 is 2.24 bits per heavy atom. The van der Waals surface area contributed by atoms with Crippen molar-refractivity contribution in [1.82, 2.24) is 0 Å². The lowest BCUT2D eigenvalue weighted by Crippen LogP contribution is -2.08. The zero-order valence-electron chi connectivity index (χ0n) is 8.28. The van der Waals surface area contributed by atoms with Crippen LogP contribution in [0.1, 0.15) is 21.5 Å². The van der Waals surface area contributed by atoms with Crippen LogP contribution in [0.15, 0.2) is 12.1 Å². The van der Waals surface area contributed by atoms with E-state index in [1.807, 2.05) is 0 Å². The summed E-state index contributed by atoms with van der Waals surface area (Å²) in [5.74, 6) is -1.54. The van der Waals surface area contributed by atoms with Crippen LogP contribution in [0, 0.1) is 11.3 Å². The number of carbonyl (C=O) groups is 1. The second-order valence-electron chi connectivity index (χ2n) is 2.94. The van der Waals surface area contributed by atoms with Crippen molar-refractivity contribution in [3.63, 3.8) is 0 Å². The van der Waals surface area contributed by atoms with Gasteiger partial charge >= 0.3 is 12.6 Å². The van der Waals surface area contributed by atoms with Crippen LogP contribution in [0.2, 0.25) is 0 Å². The highest BCUT2D eigenvalue weighted by Gasteiger charge is 2.17. The second kappa shape index (κ2) is 5.59. The van der Waals surface area contributed by atoms with Crippen LogP contribution < -0.4 is 4.74 Å². The van der Waals surface area contributed by atoms with E-state index in [-0.39, 0.29) is 27.8 Å². The maximum Gasteiger partial charge on any atom is 0.387 e. The maximum atomic E-state index is 12.1. The fourth-order valence-corrected chi connectivity index (χ4v) is 1.64. The topological polar surface area (TPSA) is 70.3 Å². The number of hydrogen-bond donors (Lipinski definition) is 1. The smallest absolute Gasteiger partial charge is 0.387 e. The van der Waals surface area contributed by atoms with Crippen LogP contribution in [0.4, 0.5) is 8.78 Å². The Morgan fingerprint density at radius 3 is 2.65 bits per heavy atom. The van der Waals surface area contributed by atoms with Gasteiger partial charge in [-0.3, -0.25) is 0 Å². The van der Waals surface area contributed by atoms with E-state index in [2.05, 4.69) is 20.7 Å². The van der Waals surface area contributed by atoms with E-state index in [0.29, 0.717) is 0 Å². The first-order chi connectivity index (χ1) is 7.99. The molecule has 0 aliphatic rings. The molecule has 0 unspecified atom stereocenters. The number of nitrogens with zero attached hydrogens (tertiary/aromatic N) is 1. The average molecular weight is 306 g/mol. The predicted octanol–water partition coefficient (Wildman–Crippen LogP) is 2.75. The van der Waals surface area contributed by atoms with Gasteiger partial charge in [0, 0.05) is 10.9 Å². The van der Waals surface area contributed by atoms with Gasteiger partial charge in [-0.1, -0.05) is 15.9 Å². The van der Waals surface area contributed by atoms with E-state index < -0.39 is 12.6 Å². The molecule has 0 saturated heterocycles. The molecule has 0 bridgehead atoms. The average Bonchev–Trinajstić information content (AvgIpc) is 2.28. The molecule has 0 saturated carbocycles. The van der Waals surface area contributed by atoms with E-state index in [0.717, 1.165) is 6.07 Å². The summed E-state index contributed by atoms with van der Waals surface area (Å²) >= 11 is 3.02. The zero-order valence-corrected chi connectivity index (χ0v) is 9.87. The maximum absolute atomic E-state index is 12.1. The lowest BCUT2D eigenvalue weighted by molar-refractivity contribution is -0.0505. The number of rotatable bonds is 4. The summed E-state index contributed by atoms with van der Waals surface area (Å²) in [6, 6.07) is 3.80. The van der Waals surface area contributed by atoms with Gasteiger partial charge in [-0.25, -0.2) is 4.79 Å². The van der Waals surface area contributed by atoms with Gasteiger partial charge in [0.05, 0.1) is 11.1 Å². The molecule has 0 aromatic heterocycles. The molecule has 1 aromatic carbocycles. The highest BCUT2D eigenvalue weighted by Crippen LogP contribution is 2.29. The Hall–Kier alpha value is -1.68. The Kier molecular flexibility index (Phi) is 4.40. The van der Waals surface area contributed by atoms with Crippen LogP contribution in [0.3, 0.4) is 0 Å². The van der Waals surface area contributed by atoms with Gasteiger partial charge in [-0.05, 0) is 12.1 Å². The van der Waals surface area contributed by atoms with Gasteiger partial charge in [0.15, 0.2) is 0 Å². The van der Waals surface area contributed by atoms with Gasteiger partial charge in [-0.15, -0.1) is 0 Å². The standard InChI is InChI=1S/C10H6BrF2NO3/c11-3-6-1-5(9(15)16)2-7(4-14)8(6)17-10(12)13/h1-2,10H,3H2,(H,15,16). The van der Waals surface area contributed by atoms with Gasteiger partial charge in [-0.2, -0.15) is 14.0 Å². The minimum Gasteiger partial charge on any atom is -0.478 e. The van der Waals surface area contributed by atoms with Crippen LogP contribution in [-0.4, -0.2) is 17.7 Å². The molecular formula is C10H6BrF2NO3. The summed E-state index contributed by atoms with van der Waals surface area (Å²) in [6.45, 7) is -3.07. The van der Waals surface area contributed by atoms with E-state index in [9.17, 15) is 13.6 Å². The molecule has 1 rings (SSSR count). The predicted molar refractivity (Wildman–Crippen MR) is 57.4 cm³/mol. The lowest BCUT2D eigenvalue weighted by atomic mass is 10.1. The fourth-order valence-electron chi connectivity index (χ4n) is 1.22. The third-order valence-corrected chi connectivity index (χ3v) is 2.49. The number of nitriles is 1. The number of benzene rings is 1. The molecule has 0 radical (unpaired) electrons. The summed E-state index contributed by atoms with van der Waals surface area (Å²) in [5.41, 5.74) is -0.209. The lowest BCUT2D eigenvalue weighted by Gasteiger charge is -2.11. The molecule has 90 valence electrons. The van der Waals surface area contributed by atoms with Crippen molar-refractivity contribution < 1.29 is 23.4 Å². The highest BCUT2D eigenvalue weighted by atomic mass is 79.9. The third-order valence-electron chi connectivity index (χ3n) is 1.88. The van der Waals surface area contributed by atoms with Crippen molar-refractivity contribution in [1.29, 1.82) is 5.26 Å². The number of aromatic carboxylic acids is 1. The molecule has 0 aliphatic carbocycles. The summed E-state index contributed by atoms with van der Waals surface area (Å²) in [7, 11) is 0. The van der Waals surface area contributed by atoms with Crippen molar-refractivity contribution in [2.45, 2.75) is 11.9 Å². The molecular weight excluding hydrogens is 300 g/mol. The number of carboxylic acids is 1. The van der Waals surface area contributed by atoms with Gasteiger partial charge in [0.1, 0.15) is 11.8 Å². The zero-order chi connectivity index (χ0) is 13.0. The summed E-state index contributed by atoms with van der Waals surface area (Å²) in [4.78, 5) is 10.8. The minimum absolute atomic E-state index is 0.102. The molecule has 0 fully saturated rings. The summed E-state index contributed by atoms with van der Waals surface area (Å²) < 4.78 is 28.5. The van der Waals surface area contributed by atoms with Gasteiger partial charge < -0.3 is 9.84 Å². The number of alkyl halides is 3. The summed E-state index contributed by atoms with van der Waals surface area (Å²) in [6.07, 6.45) is 0. The molecule has 0 atom stereocenters.